The second-order valence-corrected chi connectivity index (χ2v) is 3.71. The number of aryl methyl sites for hydroxylation is 1. The van der Waals surface area contributed by atoms with Crippen LogP contribution in [0.15, 0.2) is 24.3 Å². The minimum Gasteiger partial charge on any atom is -0.504 e. The van der Waals surface area contributed by atoms with Crippen LogP contribution in [0.25, 0.3) is 5.69 Å². The highest BCUT2D eigenvalue weighted by Crippen LogP contribution is 2.24. The Kier molecular flexibility index (Phi) is 2.55. The molecule has 1 aromatic heterocycles. The molecular weight excluding hydrogens is 222 g/mol. The van der Waals surface area contributed by atoms with Gasteiger partial charge in [-0.2, -0.15) is 5.10 Å². The summed E-state index contributed by atoms with van der Waals surface area (Å²) in [6.07, 6.45) is 0. The molecule has 1 heterocycles. The Morgan fingerprint density at radius 3 is 2.65 bits per heavy atom. The Morgan fingerprint density at radius 1 is 1.41 bits per heavy atom. The summed E-state index contributed by atoms with van der Waals surface area (Å²) in [5.41, 5.74) is 1.60. The van der Waals surface area contributed by atoms with Gasteiger partial charge in [-0.1, -0.05) is 6.07 Å². The first-order valence-electron chi connectivity index (χ1n) is 5.00. The summed E-state index contributed by atoms with van der Waals surface area (Å²) in [7, 11) is 0. The molecule has 0 fully saturated rings. The molecular formula is C11H11N3O3. The molecule has 6 heteroatoms. The molecule has 0 spiro atoms. The molecule has 88 valence electrons. The monoisotopic (exact) mass is 233 g/mol. The van der Waals surface area contributed by atoms with E-state index in [1.54, 1.807) is 26.0 Å². The Bertz CT molecular complexity index is 590. The topological polar surface area (TPSA) is 81.2 Å². The van der Waals surface area contributed by atoms with Gasteiger partial charge in [0.15, 0.2) is 5.75 Å². The summed E-state index contributed by atoms with van der Waals surface area (Å²) < 4.78 is 1.48. The molecule has 0 aliphatic heterocycles. The Morgan fingerprint density at radius 2 is 2.12 bits per heavy atom. The van der Waals surface area contributed by atoms with Gasteiger partial charge in [0.1, 0.15) is 5.69 Å². The lowest BCUT2D eigenvalue weighted by Crippen LogP contribution is -1.99. The molecule has 6 nitrogen and oxygen atoms in total. The number of nitro groups is 1. The minimum absolute atomic E-state index is 0.00505. The van der Waals surface area contributed by atoms with Gasteiger partial charge < -0.3 is 5.11 Å². The number of non-ortho nitro benzene ring substituents is 1. The van der Waals surface area contributed by atoms with Gasteiger partial charge in [0, 0.05) is 12.1 Å². The van der Waals surface area contributed by atoms with Crippen molar-refractivity contribution >= 4 is 5.69 Å². The quantitative estimate of drug-likeness (QED) is 0.636. The number of nitrogens with zero attached hydrogens (tertiary/aromatic N) is 3. The van der Waals surface area contributed by atoms with E-state index in [1.807, 2.05) is 0 Å². The molecule has 0 unspecified atom stereocenters. The maximum atomic E-state index is 10.7. The van der Waals surface area contributed by atoms with E-state index < -0.39 is 4.92 Å². The number of benzene rings is 1. The first-order chi connectivity index (χ1) is 8.00. The minimum atomic E-state index is -0.463. The van der Waals surface area contributed by atoms with Crippen molar-refractivity contribution in [2.24, 2.45) is 0 Å². The van der Waals surface area contributed by atoms with Crippen molar-refractivity contribution in [1.82, 2.24) is 9.78 Å². The number of aromatic nitrogens is 2. The molecule has 17 heavy (non-hydrogen) atoms. The number of hydrogen-bond acceptors (Lipinski definition) is 4. The smallest absolute Gasteiger partial charge is 0.271 e. The SMILES string of the molecule is Cc1nn(-c2cccc([N+](=O)[O-])c2)c(C)c1O. The fraction of sp³-hybridized carbons (Fsp3) is 0.182. The van der Waals surface area contributed by atoms with E-state index in [9.17, 15) is 15.2 Å². The van der Waals surface area contributed by atoms with Crippen molar-refractivity contribution in [3.63, 3.8) is 0 Å². The zero-order valence-corrected chi connectivity index (χ0v) is 9.41. The van der Waals surface area contributed by atoms with Crippen LogP contribution in [0.5, 0.6) is 5.75 Å². The molecule has 0 amide bonds. The standard InChI is InChI=1S/C11H11N3O3/c1-7-11(15)8(2)13(12-7)9-4-3-5-10(6-9)14(16)17/h3-6,15H,1-2H3. The molecule has 1 N–H and O–H groups in total. The predicted octanol–water partition coefficient (Wildman–Crippen LogP) is 2.10. The van der Waals surface area contributed by atoms with E-state index in [4.69, 9.17) is 0 Å². The molecule has 2 rings (SSSR count). The number of aromatic hydroxyl groups is 1. The molecule has 0 saturated heterocycles. The summed E-state index contributed by atoms with van der Waals surface area (Å²) >= 11 is 0. The number of rotatable bonds is 2. The largest absolute Gasteiger partial charge is 0.504 e. The van der Waals surface area contributed by atoms with E-state index in [1.165, 1.54) is 16.8 Å². The molecule has 1 aromatic carbocycles. The summed E-state index contributed by atoms with van der Waals surface area (Å²) in [5, 5.41) is 24.4. The normalized spacial score (nSPS) is 10.5. The van der Waals surface area contributed by atoms with Gasteiger partial charge in [0.2, 0.25) is 0 Å². The zero-order valence-electron chi connectivity index (χ0n) is 9.41. The van der Waals surface area contributed by atoms with Gasteiger partial charge in [0.05, 0.1) is 16.3 Å². The molecule has 0 aliphatic carbocycles. The highest BCUT2D eigenvalue weighted by Gasteiger charge is 2.13. The summed E-state index contributed by atoms with van der Waals surface area (Å²) in [6, 6.07) is 6.11. The van der Waals surface area contributed by atoms with Gasteiger partial charge in [-0.05, 0) is 19.9 Å². The maximum absolute atomic E-state index is 10.7. The second-order valence-electron chi connectivity index (χ2n) is 3.71. The van der Waals surface area contributed by atoms with Gasteiger partial charge in [0.25, 0.3) is 5.69 Å². The first kappa shape index (κ1) is 11.1. The summed E-state index contributed by atoms with van der Waals surface area (Å²) in [5.74, 6) is 0.108. The van der Waals surface area contributed by atoms with Gasteiger partial charge in [-0.25, -0.2) is 4.68 Å². The average Bonchev–Trinajstić information content (AvgIpc) is 2.57. The highest BCUT2D eigenvalue weighted by atomic mass is 16.6. The van der Waals surface area contributed by atoms with Crippen molar-refractivity contribution in [1.29, 1.82) is 0 Å². The maximum Gasteiger partial charge on any atom is 0.271 e. The van der Waals surface area contributed by atoms with Crippen LogP contribution in [0.3, 0.4) is 0 Å². The summed E-state index contributed by atoms with van der Waals surface area (Å²) in [4.78, 5) is 10.2. The van der Waals surface area contributed by atoms with Crippen LogP contribution in [0, 0.1) is 24.0 Å². The van der Waals surface area contributed by atoms with Crippen LogP contribution in [0.4, 0.5) is 5.69 Å². The molecule has 2 aromatic rings. The van der Waals surface area contributed by atoms with Crippen LogP contribution >= 0.6 is 0 Å². The van der Waals surface area contributed by atoms with Crippen molar-refractivity contribution < 1.29 is 10.0 Å². The third kappa shape index (κ3) is 1.84. The van der Waals surface area contributed by atoms with E-state index >= 15 is 0 Å². The van der Waals surface area contributed by atoms with E-state index in [0.717, 1.165) is 0 Å². The van der Waals surface area contributed by atoms with Gasteiger partial charge in [-0.15, -0.1) is 0 Å². The third-order valence-electron chi connectivity index (χ3n) is 2.54. The van der Waals surface area contributed by atoms with Crippen LogP contribution in [0.1, 0.15) is 11.4 Å². The van der Waals surface area contributed by atoms with E-state index in [2.05, 4.69) is 5.10 Å². The summed E-state index contributed by atoms with van der Waals surface area (Å²) in [6.45, 7) is 3.38. The Labute approximate surface area is 97.3 Å². The average molecular weight is 233 g/mol. The van der Waals surface area contributed by atoms with Crippen molar-refractivity contribution in [2.75, 3.05) is 0 Å². The highest BCUT2D eigenvalue weighted by molar-refractivity contribution is 5.45. The van der Waals surface area contributed by atoms with Crippen LogP contribution in [-0.4, -0.2) is 19.8 Å². The van der Waals surface area contributed by atoms with Crippen LogP contribution in [-0.2, 0) is 0 Å². The van der Waals surface area contributed by atoms with Crippen molar-refractivity contribution in [3.8, 4) is 11.4 Å². The van der Waals surface area contributed by atoms with E-state index in [-0.39, 0.29) is 11.4 Å². The van der Waals surface area contributed by atoms with Gasteiger partial charge in [-0.3, -0.25) is 10.1 Å². The molecule has 0 atom stereocenters. The first-order valence-corrected chi connectivity index (χ1v) is 5.00. The number of nitro benzene ring substituents is 1. The molecule has 0 bridgehead atoms. The van der Waals surface area contributed by atoms with Crippen LogP contribution < -0.4 is 0 Å². The van der Waals surface area contributed by atoms with E-state index in [0.29, 0.717) is 17.1 Å². The second kappa shape index (κ2) is 3.89. The van der Waals surface area contributed by atoms with Gasteiger partial charge >= 0.3 is 0 Å². The lowest BCUT2D eigenvalue weighted by atomic mass is 10.2. The molecule has 0 saturated carbocycles. The fourth-order valence-electron chi connectivity index (χ4n) is 1.62. The predicted molar refractivity (Wildman–Crippen MR) is 61.4 cm³/mol. The molecule has 0 radical (unpaired) electrons. The lowest BCUT2D eigenvalue weighted by Gasteiger charge is -2.03. The van der Waals surface area contributed by atoms with Crippen LogP contribution in [0.2, 0.25) is 0 Å². The van der Waals surface area contributed by atoms with Crippen molar-refractivity contribution in [3.05, 3.63) is 45.8 Å². The van der Waals surface area contributed by atoms with Crippen molar-refractivity contribution in [2.45, 2.75) is 13.8 Å². The third-order valence-corrected chi connectivity index (χ3v) is 2.54. The molecule has 0 aliphatic rings. The fourth-order valence-corrected chi connectivity index (χ4v) is 1.62. The Hall–Kier alpha value is -2.37. The number of hydrogen-bond donors (Lipinski definition) is 1. The zero-order chi connectivity index (χ0) is 12.6. The lowest BCUT2D eigenvalue weighted by molar-refractivity contribution is -0.384. The Balaban J connectivity index is 2.56.